The van der Waals surface area contributed by atoms with Crippen LogP contribution in [0.1, 0.15) is 46.3 Å². The second-order valence-corrected chi connectivity index (χ2v) is 9.46. The van der Waals surface area contributed by atoms with Gasteiger partial charge in [0.1, 0.15) is 5.76 Å². The van der Waals surface area contributed by atoms with Gasteiger partial charge >= 0.3 is 0 Å². The third-order valence-corrected chi connectivity index (χ3v) is 5.78. The fourth-order valence-corrected chi connectivity index (χ4v) is 4.45. The van der Waals surface area contributed by atoms with E-state index in [1.807, 2.05) is 17.0 Å². The molecule has 1 aliphatic heterocycles. The van der Waals surface area contributed by atoms with Crippen LogP contribution in [0.4, 0.5) is 5.95 Å². The zero-order valence-electron chi connectivity index (χ0n) is 18.0. The van der Waals surface area contributed by atoms with Crippen molar-refractivity contribution in [2.24, 2.45) is 11.8 Å². The fraction of sp³-hybridized carbons (Fsp3) is 0.667. The Morgan fingerprint density at radius 3 is 2.45 bits per heavy atom. The summed E-state index contributed by atoms with van der Waals surface area (Å²) < 4.78 is 7.63. The van der Waals surface area contributed by atoms with Crippen molar-refractivity contribution in [3.8, 4) is 0 Å². The highest BCUT2D eigenvalue weighted by Gasteiger charge is 2.23. The first-order chi connectivity index (χ1) is 13.9. The van der Waals surface area contributed by atoms with Crippen LogP contribution < -0.4 is 4.90 Å². The molecule has 1 fully saturated rings. The average molecular weight is 420 g/mol. The predicted molar refractivity (Wildman–Crippen MR) is 116 cm³/mol. The Balaban J connectivity index is 1.72. The van der Waals surface area contributed by atoms with E-state index >= 15 is 0 Å². The lowest BCUT2D eigenvalue weighted by Gasteiger charge is -2.26. The summed E-state index contributed by atoms with van der Waals surface area (Å²) in [4.78, 5) is 17.2. The number of furan rings is 1. The van der Waals surface area contributed by atoms with Gasteiger partial charge < -0.3 is 14.2 Å². The second-order valence-electron chi connectivity index (χ2n) is 8.52. The summed E-state index contributed by atoms with van der Waals surface area (Å²) in [5.41, 5.74) is 0. The number of hydrogen-bond acceptors (Lipinski definition) is 6. The minimum absolute atomic E-state index is 0.160. The average Bonchev–Trinajstić information content (AvgIpc) is 3.41. The van der Waals surface area contributed by atoms with Crippen LogP contribution in [0.2, 0.25) is 0 Å². The van der Waals surface area contributed by atoms with Crippen LogP contribution in [0.5, 0.6) is 0 Å². The molecule has 2 aromatic heterocycles. The van der Waals surface area contributed by atoms with E-state index in [1.165, 1.54) is 24.6 Å². The van der Waals surface area contributed by atoms with Crippen LogP contribution in [0.15, 0.2) is 28.0 Å². The van der Waals surface area contributed by atoms with Gasteiger partial charge in [-0.1, -0.05) is 39.5 Å². The molecule has 3 rings (SSSR count). The molecule has 1 saturated heterocycles. The Morgan fingerprint density at radius 2 is 1.86 bits per heavy atom. The first kappa shape index (κ1) is 21.7. The van der Waals surface area contributed by atoms with Gasteiger partial charge in [-0.15, -0.1) is 10.2 Å². The highest BCUT2D eigenvalue weighted by Crippen LogP contribution is 2.26. The van der Waals surface area contributed by atoms with E-state index in [9.17, 15) is 4.79 Å². The van der Waals surface area contributed by atoms with E-state index < -0.39 is 0 Å². The number of carbonyl (C=O) groups excluding carboxylic acids is 1. The number of hydrogen-bond donors (Lipinski definition) is 0. The summed E-state index contributed by atoms with van der Waals surface area (Å²) in [6, 6.07) is 3.85. The molecule has 1 amide bonds. The highest BCUT2D eigenvalue weighted by molar-refractivity contribution is 7.99. The summed E-state index contributed by atoms with van der Waals surface area (Å²) in [5.74, 6) is 3.16. The Labute approximate surface area is 177 Å². The Bertz CT molecular complexity index is 756. The van der Waals surface area contributed by atoms with E-state index in [2.05, 4.69) is 47.4 Å². The van der Waals surface area contributed by atoms with Crippen molar-refractivity contribution in [3.05, 3.63) is 24.2 Å². The standard InChI is InChI=1S/C21H33N5O2S/c1-16(2)12-25(13-17(3)4)19(27)15-29-21-23-22-20(24-9-5-6-10-24)26(21)14-18-8-7-11-28-18/h7-8,11,16-17H,5-6,9-10,12-15H2,1-4H3. The predicted octanol–water partition coefficient (Wildman–Crippen LogP) is 3.75. The molecule has 0 spiro atoms. The lowest BCUT2D eigenvalue weighted by molar-refractivity contribution is -0.129. The minimum atomic E-state index is 0.160. The molecule has 7 nitrogen and oxygen atoms in total. The molecular formula is C21H33N5O2S. The van der Waals surface area contributed by atoms with Crippen molar-refractivity contribution in [1.82, 2.24) is 19.7 Å². The van der Waals surface area contributed by atoms with Crippen LogP contribution in [0.25, 0.3) is 0 Å². The SMILES string of the molecule is CC(C)CN(CC(C)C)C(=O)CSc1nnc(N2CCCC2)n1Cc1ccco1. The number of amides is 1. The van der Waals surface area contributed by atoms with Gasteiger partial charge in [-0.2, -0.15) is 0 Å². The van der Waals surface area contributed by atoms with Crippen molar-refractivity contribution in [2.45, 2.75) is 52.2 Å². The third-order valence-electron chi connectivity index (χ3n) is 4.83. The molecule has 0 unspecified atom stereocenters. The van der Waals surface area contributed by atoms with Gasteiger partial charge in [0.25, 0.3) is 0 Å². The number of nitrogens with zero attached hydrogens (tertiary/aromatic N) is 5. The molecule has 2 aromatic rings. The quantitative estimate of drug-likeness (QED) is 0.547. The summed E-state index contributed by atoms with van der Waals surface area (Å²) in [5, 5.41) is 9.64. The lowest BCUT2D eigenvalue weighted by atomic mass is 10.1. The highest BCUT2D eigenvalue weighted by atomic mass is 32.2. The van der Waals surface area contributed by atoms with Gasteiger partial charge in [0.05, 0.1) is 18.6 Å². The van der Waals surface area contributed by atoms with Crippen LogP contribution in [-0.2, 0) is 11.3 Å². The van der Waals surface area contributed by atoms with Crippen LogP contribution >= 0.6 is 11.8 Å². The van der Waals surface area contributed by atoms with Gasteiger partial charge in [-0.3, -0.25) is 9.36 Å². The van der Waals surface area contributed by atoms with Crippen molar-refractivity contribution < 1.29 is 9.21 Å². The van der Waals surface area contributed by atoms with E-state index in [1.54, 1.807) is 6.26 Å². The fourth-order valence-electron chi connectivity index (χ4n) is 3.61. The molecule has 0 bridgehead atoms. The van der Waals surface area contributed by atoms with Crippen LogP contribution in [0.3, 0.4) is 0 Å². The summed E-state index contributed by atoms with van der Waals surface area (Å²) >= 11 is 1.47. The van der Waals surface area contributed by atoms with Crippen LogP contribution in [-0.4, -0.2) is 57.5 Å². The van der Waals surface area contributed by atoms with Gasteiger partial charge in [-0.25, -0.2) is 0 Å². The molecular weight excluding hydrogens is 386 g/mol. The molecule has 29 heavy (non-hydrogen) atoms. The van der Waals surface area contributed by atoms with Crippen molar-refractivity contribution in [1.29, 1.82) is 0 Å². The van der Waals surface area contributed by atoms with E-state index in [-0.39, 0.29) is 5.91 Å². The molecule has 0 aliphatic carbocycles. The number of aromatic nitrogens is 3. The minimum Gasteiger partial charge on any atom is -0.467 e. The zero-order chi connectivity index (χ0) is 20.8. The number of anilines is 1. The molecule has 0 N–H and O–H groups in total. The monoisotopic (exact) mass is 419 g/mol. The topological polar surface area (TPSA) is 67.4 Å². The maximum absolute atomic E-state index is 12.9. The zero-order valence-corrected chi connectivity index (χ0v) is 18.8. The Hall–Kier alpha value is -1.96. The summed E-state index contributed by atoms with van der Waals surface area (Å²) in [6.45, 7) is 12.7. The first-order valence-corrected chi connectivity index (χ1v) is 11.5. The first-order valence-electron chi connectivity index (χ1n) is 10.5. The molecule has 1 aliphatic rings. The number of carbonyl (C=O) groups is 1. The molecule has 0 aromatic carbocycles. The maximum Gasteiger partial charge on any atom is 0.233 e. The molecule has 8 heteroatoms. The summed E-state index contributed by atoms with van der Waals surface area (Å²) in [6.07, 6.45) is 4.03. The van der Waals surface area contributed by atoms with Gasteiger partial charge in [0.2, 0.25) is 11.9 Å². The molecule has 0 saturated carbocycles. The molecule has 160 valence electrons. The lowest BCUT2D eigenvalue weighted by Crippen LogP contribution is -2.38. The molecule has 0 atom stereocenters. The number of thioether (sulfide) groups is 1. The Morgan fingerprint density at radius 1 is 1.17 bits per heavy atom. The normalized spacial score (nSPS) is 14.3. The second kappa shape index (κ2) is 10.2. The smallest absolute Gasteiger partial charge is 0.233 e. The van der Waals surface area contributed by atoms with E-state index in [0.29, 0.717) is 24.1 Å². The van der Waals surface area contributed by atoms with Crippen LogP contribution in [0, 0.1) is 11.8 Å². The Kier molecular flexibility index (Phi) is 7.64. The molecule has 3 heterocycles. The third kappa shape index (κ3) is 6.01. The van der Waals surface area contributed by atoms with E-state index in [4.69, 9.17) is 4.42 Å². The largest absolute Gasteiger partial charge is 0.467 e. The van der Waals surface area contributed by atoms with Crippen molar-refractivity contribution >= 4 is 23.6 Å². The summed E-state index contributed by atoms with van der Waals surface area (Å²) in [7, 11) is 0. The maximum atomic E-state index is 12.9. The van der Waals surface area contributed by atoms with E-state index in [0.717, 1.165) is 43.0 Å². The van der Waals surface area contributed by atoms with Gasteiger partial charge in [0.15, 0.2) is 5.16 Å². The number of rotatable bonds is 10. The van der Waals surface area contributed by atoms with Gasteiger partial charge in [0, 0.05) is 26.2 Å². The van der Waals surface area contributed by atoms with Crippen molar-refractivity contribution in [2.75, 3.05) is 36.8 Å². The van der Waals surface area contributed by atoms with Gasteiger partial charge in [-0.05, 0) is 36.8 Å². The van der Waals surface area contributed by atoms with Crippen molar-refractivity contribution in [3.63, 3.8) is 0 Å². The molecule has 0 radical (unpaired) electrons.